The number of hydrogen-bond acceptors (Lipinski definition) is 1. The number of nitrogens with one attached hydrogen (secondary N) is 1. The van der Waals surface area contributed by atoms with E-state index in [1.54, 1.807) is 0 Å². The van der Waals surface area contributed by atoms with Crippen molar-refractivity contribution >= 4 is 0 Å². The first-order valence-electron chi connectivity index (χ1n) is 6.84. The van der Waals surface area contributed by atoms with E-state index in [-0.39, 0.29) is 0 Å². The van der Waals surface area contributed by atoms with Crippen molar-refractivity contribution in [3.05, 3.63) is 35.4 Å². The molecule has 1 nitrogen and oxygen atoms in total. The molecular formula is C16H25N. The Kier molecular flexibility index (Phi) is 3.58. The highest BCUT2D eigenvalue weighted by Gasteiger charge is 2.44. The summed E-state index contributed by atoms with van der Waals surface area (Å²) < 4.78 is 0. The van der Waals surface area contributed by atoms with Gasteiger partial charge in [-0.15, -0.1) is 0 Å². The van der Waals surface area contributed by atoms with Crippen molar-refractivity contribution in [1.29, 1.82) is 0 Å². The van der Waals surface area contributed by atoms with Crippen LogP contribution >= 0.6 is 0 Å². The second kappa shape index (κ2) is 4.81. The van der Waals surface area contributed by atoms with E-state index in [1.807, 2.05) is 0 Å². The van der Waals surface area contributed by atoms with Crippen molar-refractivity contribution in [3.63, 3.8) is 0 Å². The fourth-order valence-electron chi connectivity index (χ4n) is 2.66. The molecule has 0 aromatic heterocycles. The largest absolute Gasteiger partial charge is 0.310 e. The molecule has 0 heterocycles. The quantitative estimate of drug-likeness (QED) is 0.805. The van der Waals surface area contributed by atoms with Crippen molar-refractivity contribution in [2.24, 2.45) is 11.3 Å². The normalized spacial score (nSPS) is 19.4. The van der Waals surface area contributed by atoms with E-state index >= 15 is 0 Å². The predicted octanol–water partition coefficient (Wildman–Crippen LogP) is 4.08. The van der Waals surface area contributed by atoms with Crippen LogP contribution in [-0.4, -0.2) is 6.54 Å². The molecule has 1 N–H and O–H groups in total. The molecule has 1 aromatic carbocycles. The minimum atomic E-state index is 0.465. The van der Waals surface area contributed by atoms with E-state index in [0.29, 0.717) is 11.5 Å². The minimum absolute atomic E-state index is 0.465. The molecule has 0 radical (unpaired) electrons. The summed E-state index contributed by atoms with van der Waals surface area (Å²) in [7, 11) is 0. The zero-order chi connectivity index (χ0) is 12.5. The van der Waals surface area contributed by atoms with E-state index < -0.39 is 0 Å². The molecule has 2 rings (SSSR count). The van der Waals surface area contributed by atoms with Crippen molar-refractivity contribution < 1.29 is 0 Å². The molecule has 1 aromatic rings. The van der Waals surface area contributed by atoms with E-state index in [1.165, 1.54) is 30.5 Å². The van der Waals surface area contributed by atoms with Crippen LogP contribution in [0.3, 0.4) is 0 Å². The van der Waals surface area contributed by atoms with Crippen LogP contribution in [0, 0.1) is 18.3 Å². The zero-order valence-electron chi connectivity index (χ0n) is 11.6. The monoisotopic (exact) mass is 231 g/mol. The molecule has 0 amide bonds. The van der Waals surface area contributed by atoms with Gasteiger partial charge in [-0.05, 0) is 49.1 Å². The standard InChI is InChI=1S/C16H25N/c1-12(2)16(9-10-16)11-17-14(4)15-8-6-5-7-13(15)3/h5-8,12,14,17H,9-11H2,1-4H3. The average molecular weight is 231 g/mol. The van der Waals surface area contributed by atoms with E-state index in [9.17, 15) is 0 Å². The number of rotatable bonds is 5. The van der Waals surface area contributed by atoms with Crippen LogP contribution in [0.25, 0.3) is 0 Å². The Morgan fingerprint density at radius 2 is 1.82 bits per heavy atom. The first-order chi connectivity index (χ1) is 8.05. The van der Waals surface area contributed by atoms with Crippen LogP contribution in [0.15, 0.2) is 24.3 Å². The van der Waals surface area contributed by atoms with Gasteiger partial charge < -0.3 is 5.32 Å². The number of hydrogen-bond donors (Lipinski definition) is 1. The fourth-order valence-corrected chi connectivity index (χ4v) is 2.66. The molecule has 1 atom stereocenters. The molecule has 1 aliphatic carbocycles. The highest BCUT2D eigenvalue weighted by Crippen LogP contribution is 2.51. The fraction of sp³-hybridized carbons (Fsp3) is 0.625. The van der Waals surface area contributed by atoms with Gasteiger partial charge in [-0.25, -0.2) is 0 Å². The van der Waals surface area contributed by atoms with Crippen molar-refractivity contribution in [2.75, 3.05) is 6.54 Å². The first-order valence-corrected chi connectivity index (χ1v) is 6.84. The third-order valence-corrected chi connectivity index (χ3v) is 4.53. The summed E-state index contributed by atoms with van der Waals surface area (Å²) in [4.78, 5) is 0. The highest BCUT2D eigenvalue weighted by molar-refractivity contribution is 5.28. The van der Waals surface area contributed by atoms with Crippen LogP contribution in [-0.2, 0) is 0 Å². The maximum absolute atomic E-state index is 3.72. The van der Waals surface area contributed by atoms with Crippen LogP contribution in [0.5, 0.6) is 0 Å². The Bertz CT molecular complexity index is 377. The van der Waals surface area contributed by atoms with Gasteiger partial charge in [-0.2, -0.15) is 0 Å². The lowest BCUT2D eigenvalue weighted by Gasteiger charge is -2.24. The van der Waals surface area contributed by atoms with Crippen LogP contribution in [0.1, 0.15) is 50.8 Å². The molecule has 1 unspecified atom stereocenters. The van der Waals surface area contributed by atoms with Crippen molar-refractivity contribution in [1.82, 2.24) is 5.32 Å². The van der Waals surface area contributed by atoms with Gasteiger partial charge in [0.05, 0.1) is 0 Å². The van der Waals surface area contributed by atoms with E-state index in [2.05, 4.69) is 57.3 Å². The van der Waals surface area contributed by atoms with E-state index in [0.717, 1.165) is 5.92 Å². The topological polar surface area (TPSA) is 12.0 Å². The molecular weight excluding hydrogens is 206 g/mol. The van der Waals surface area contributed by atoms with Gasteiger partial charge in [-0.1, -0.05) is 38.1 Å². The second-order valence-electron chi connectivity index (χ2n) is 5.98. The summed E-state index contributed by atoms with van der Waals surface area (Å²) in [5, 5.41) is 3.72. The molecule has 1 heteroatoms. The molecule has 94 valence electrons. The lowest BCUT2D eigenvalue weighted by Crippen LogP contribution is -2.30. The Labute approximate surface area is 106 Å². The molecule has 0 saturated heterocycles. The van der Waals surface area contributed by atoms with Crippen molar-refractivity contribution in [3.8, 4) is 0 Å². The smallest absolute Gasteiger partial charge is 0.0294 e. The zero-order valence-corrected chi connectivity index (χ0v) is 11.6. The highest BCUT2D eigenvalue weighted by atomic mass is 14.9. The SMILES string of the molecule is Cc1ccccc1C(C)NCC1(C(C)C)CC1. The van der Waals surface area contributed by atoms with Gasteiger partial charge >= 0.3 is 0 Å². The summed E-state index contributed by atoms with van der Waals surface area (Å²) in [5.41, 5.74) is 3.42. The maximum atomic E-state index is 3.72. The second-order valence-corrected chi connectivity index (χ2v) is 5.98. The van der Waals surface area contributed by atoms with E-state index in [4.69, 9.17) is 0 Å². The third kappa shape index (κ3) is 2.71. The lowest BCUT2D eigenvalue weighted by atomic mass is 9.91. The van der Waals surface area contributed by atoms with Gasteiger partial charge in [-0.3, -0.25) is 0 Å². The summed E-state index contributed by atoms with van der Waals surface area (Å²) in [5.74, 6) is 0.805. The predicted molar refractivity (Wildman–Crippen MR) is 74.1 cm³/mol. The summed E-state index contributed by atoms with van der Waals surface area (Å²) >= 11 is 0. The Balaban J connectivity index is 1.94. The van der Waals surface area contributed by atoms with Crippen LogP contribution < -0.4 is 5.32 Å². The third-order valence-electron chi connectivity index (χ3n) is 4.53. The van der Waals surface area contributed by atoms with Crippen LogP contribution in [0.2, 0.25) is 0 Å². The van der Waals surface area contributed by atoms with Gasteiger partial charge in [0, 0.05) is 12.6 Å². The Hall–Kier alpha value is -0.820. The van der Waals surface area contributed by atoms with Gasteiger partial charge in [0.1, 0.15) is 0 Å². The molecule has 0 aliphatic heterocycles. The lowest BCUT2D eigenvalue weighted by molar-refractivity contribution is 0.325. The Morgan fingerprint density at radius 3 is 2.35 bits per heavy atom. The maximum Gasteiger partial charge on any atom is 0.0294 e. The number of benzene rings is 1. The van der Waals surface area contributed by atoms with Crippen LogP contribution in [0.4, 0.5) is 0 Å². The van der Waals surface area contributed by atoms with Gasteiger partial charge in [0.25, 0.3) is 0 Å². The van der Waals surface area contributed by atoms with Gasteiger partial charge in [0.15, 0.2) is 0 Å². The summed E-state index contributed by atoms with van der Waals surface area (Å²) in [6.07, 6.45) is 2.80. The summed E-state index contributed by atoms with van der Waals surface area (Å²) in [6.45, 7) is 10.3. The minimum Gasteiger partial charge on any atom is -0.310 e. The Morgan fingerprint density at radius 1 is 1.18 bits per heavy atom. The van der Waals surface area contributed by atoms with Gasteiger partial charge in [0.2, 0.25) is 0 Å². The first kappa shape index (κ1) is 12.6. The molecule has 0 bridgehead atoms. The molecule has 0 spiro atoms. The molecule has 1 fully saturated rings. The average Bonchev–Trinajstić information content (AvgIpc) is 3.07. The van der Waals surface area contributed by atoms with Crippen molar-refractivity contribution in [2.45, 2.75) is 46.6 Å². The summed E-state index contributed by atoms with van der Waals surface area (Å²) in [6, 6.07) is 9.15. The molecule has 17 heavy (non-hydrogen) atoms. The molecule has 1 saturated carbocycles. The molecule has 1 aliphatic rings. The number of aryl methyl sites for hydroxylation is 1.